The summed E-state index contributed by atoms with van der Waals surface area (Å²) in [6.07, 6.45) is 2.66. The van der Waals surface area contributed by atoms with E-state index >= 15 is 0 Å². The molecule has 2 aromatic rings. The van der Waals surface area contributed by atoms with Gasteiger partial charge in [-0.15, -0.1) is 0 Å². The Hall–Kier alpha value is -2.64. The van der Waals surface area contributed by atoms with Gasteiger partial charge in [0.1, 0.15) is 0 Å². The molecule has 0 aliphatic carbocycles. The van der Waals surface area contributed by atoms with Crippen LogP contribution in [-0.2, 0) is 9.59 Å². The van der Waals surface area contributed by atoms with Crippen LogP contribution in [0.25, 0.3) is 0 Å². The van der Waals surface area contributed by atoms with E-state index in [9.17, 15) is 14.4 Å². The summed E-state index contributed by atoms with van der Waals surface area (Å²) < 4.78 is 9.92. The molecule has 0 fully saturated rings. The predicted octanol–water partition coefficient (Wildman–Crippen LogP) is 3.49. The van der Waals surface area contributed by atoms with E-state index in [1.807, 2.05) is 0 Å². The molecule has 0 spiro atoms. The first-order chi connectivity index (χ1) is 11.8. The Morgan fingerprint density at radius 3 is 2.08 bits per heavy atom. The standard InChI is InChI=1S/C16H12Cl2N2O5/c1-8(21)24-13-4-3-10(5-14(13)25-9(2)22)16(23)20-15-11(17)6-19-7-12(15)18/h3-7H,1-2H3,(H,19,20,23). The monoisotopic (exact) mass is 382 g/mol. The lowest BCUT2D eigenvalue weighted by molar-refractivity contribution is -0.134. The summed E-state index contributed by atoms with van der Waals surface area (Å²) in [7, 11) is 0. The zero-order chi connectivity index (χ0) is 18.6. The first-order valence-electron chi connectivity index (χ1n) is 6.89. The lowest BCUT2D eigenvalue weighted by Crippen LogP contribution is -2.14. The zero-order valence-corrected chi connectivity index (χ0v) is 14.6. The summed E-state index contributed by atoms with van der Waals surface area (Å²) in [4.78, 5) is 38.5. The number of hydrogen-bond donors (Lipinski definition) is 1. The third kappa shape index (κ3) is 4.91. The molecule has 25 heavy (non-hydrogen) atoms. The van der Waals surface area contributed by atoms with Crippen LogP contribution < -0.4 is 14.8 Å². The van der Waals surface area contributed by atoms with Gasteiger partial charge in [0.25, 0.3) is 5.91 Å². The van der Waals surface area contributed by atoms with Crippen molar-refractivity contribution >= 4 is 46.7 Å². The summed E-state index contributed by atoms with van der Waals surface area (Å²) in [6.45, 7) is 2.38. The van der Waals surface area contributed by atoms with Gasteiger partial charge in [0.05, 0.1) is 15.7 Å². The average Bonchev–Trinajstić information content (AvgIpc) is 2.51. The van der Waals surface area contributed by atoms with Crippen molar-refractivity contribution in [2.75, 3.05) is 5.32 Å². The van der Waals surface area contributed by atoms with E-state index in [1.165, 1.54) is 44.4 Å². The largest absolute Gasteiger partial charge is 0.423 e. The van der Waals surface area contributed by atoms with E-state index in [-0.39, 0.29) is 32.8 Å². The van der Waals surface area contributed by atoms with Crippen LogP contribution in [0.4, 0.5) is 5.69 Å². The number of carbonyl (C=O) groups excluding carboxylic acids is 3. The van der Waals surface area contributed by atoms with Crippen molar-refractivity contribution in [3.8, 4) is 11.5 Å². The second kappa shape index (κ2) is 7.96. The average molecular weight is 383 g/mol. The third-order valence-corrected chi connectivity index (χ3v) is 3.38. The topological polar surface area (TPSA) is 94.6 Å². The second-order valence-corrected chi connectivity index (χ2v) is 5.60. The quantitative estimate of drug-likeness (QED) is 0.642. The summed E-state index contributed by atoms with van der Waals surface area (Å²) in [5, 5.41) is 2.87. The second-order valence-electron chi connectivity index (χ2n) is 4.78. The highest BCUT2D eigenvalue weighted by atomic mass is 35.5. The van der Waals surface area contributed by atoms with Crippen molar-refractivity contribution in [3.05, 3.63) is 46.2 Å². The maximum atomic E-state index is 12.4. The molecule has 0 atom stereocenters. The number of ether oxygens (including phenoxy) is 2. The highest BCUT2D eigenvalue weighted by Gasteiger charge is 2.16. The van der Waals surface area contributed by atoms with Crippen LogP contribution >= 0.6 is 23.2 Å². The minimum Gasteiger partial charge on any atom is -0.423 e. The molecule has 1 N–H and O–H groups in total. The van der Waals surface area contributed by atoms with Crippen LogP contribution in [0.2, 0.25) is 10.0 Å². The van der Waals surface area contributed by atoms with Crippen LogP contribution in [0.3, 0.4) is 0 Å². The Morgan fingerprint density at radius 1 is 0.960 bits per heavy atom. The van der Waals surface area contributed by atoms with E-state index in [1.54, 1.807) is 0 Å². The smallest absolute Gasteiger partial charge is 0.308 e. The molecule has 0 aliphatic rings. The molecule has 2 rings (SSSR count). The molecule has 0 saturated heterocycles. The molecule has 0 aliphatic heterocycles. The van der Waals surface area contributed by atoms with Gasteiger partial charge in [0.2, 0.25) is 0 Å². The van der Waals surface area contributed by atoms with Gasteiger partial charge < -0.3 is 14.8 Å². The van der Waals surface area contributed by atoms with Gasteiger partial charge in [0.15, 0.2) is 11.5 Å². The van der Waals surface area contributed by atoms with Gasteiger partial charge >= 0.3 is 11.9 Å². The number of anilines is 1. The zero-order valence-electron chi connectivity index (χ0n) is 13.1. The number of halogens is 2. The molecule has 1 aromatic heterocycles. The van der Waals surface area contributed by atoms with Gasteiger partial charge in [-0.05, 0) is 18.2 Å². The van der Waals surface area contributed by atoms with E-state index in [0.29, 0.717) is 0 Å². The first kappa shape index (κ1) is 18.7. The van der Waals surface area contributed by atoms with Crippen molar-refractivity contribution in [1.29, 1.82) is 0 Å². The first-order valence-corrected chi connectivity index (χ1v) is 7.64. The number of aromatic nitrogens is 1. The van der Waals surface area contributed by atoms with Gasteiger partial charge in [0, 0.05) is 31.8 Å². The fourth-order valence-electron chi connectivity index (χ4n) is 1.84. The number of pyridine rings is 1. The SMILES string of the molecule is CC(=O)Oc1ccc(C(=O)Nc2c(Cl)cncc2Cl)cc1OC(C)=O. The van der Waals surface area contributed by atoms with Gasteiger partial charge in [-0.2, -0.15) is 0 Å². The fourth-order valence-corrected chi connectivity index (χ4v) is 2.30. The van der Waals surface area contributed by atoms with E-state index in [0.717, 1.165) is 0 Å². The molecule has 0 radical (unpaired) electrons. The number of nitrogens with one attached hydrogen (secondary N) is 1. The van der Waals surface area contributed by atoms with Crippen molar-refractivity contribution in [1.82, 2.24) is 4.98 Å². The van der Waals surface area contributed by atoms with E-state index in [2.05, 4.69) is 10.3 Å². The highest BCUT2D eigenvalue weighted by Crippen LogP contribution is 2.31. The number of esters is 2. The minimum absolute atomic E-state index is 0.0132. The van der Waals surface area contributed by atoms with Crippen LogP contribution in [-0.4, -0.2) is 22.8 Å². The van der Waals surface area contributed by atoms with Gasteiger partial charge in [-0.25, -0.2) is 0 Å². The molecule has 9 heteroatoms. The van der Waals surface area contributed by atoms with Crippen LogP contribution in [0, 0.1) is 0 Å². The lowest BCUT2D eigenvalue weighted by atomic mass is 10.2. The number of benzene rings is 1. The number of carbonyl (C=O) groups is 3. The molecule has 7 nitrogen and oxygen atoms in total. The molecule has 1 aromatic carbocycles. The fraction of sp³-hybridized carbons (Fsp3) is 0.125. The Morgan fingerprint density at radius 2 is 1.52 bits per heavy atom. The van der Waals surface area contributed by atoms with Gasteiger partial charge in [-0.1, -0.05) is 23.2 Å². The minimum atomic E-state index is -0.633. The maximum Gasteiger partial charge on any atom is 0.308 e. The molecule has 0 saturated carbocycles. The number of hydrogen-bond acceptors (Lipinski definition) is 6. The Bertz CT molecular complexity index is 834. The molecular formula is C16H12Cl2N2O5. The number of amides is 1. The van der Waals surface area contributed by atoms with Crippen molar-refractivity contribution in [2.24, 2.45) is 0 Å². The van der Waals surface area contributed by atoms with Crippen LogP contribution in [0.1, 0.15) is 24.2 Å². The van der Waals surface area contributed by atoms with E-state index in [4.69, 9.17) is 32.7 Å². The molecule has 0 bridgehead atoms. The predicted molar refractivity (Wildman–Crippen MR) is 91.3 cm³/mol. The summed E-state index contributed by atoms with van der Waals surface area (Å²) >= 11 is 11.9. The number of nitrogens with zero attached hydrogens (tertiary/aromatic N) is 1. The number of rotatable bonds is 4. The molecular weight excluding hydrogens is 371 g/mol. The molecule has 1 heterocycles. The molecule has 1 amide bonds. The lowest BCUT2D eigenvalue weighted by Gasteiger charge is -2.12. The summed E-state index contributed by atoms with van der Waals surface area (Å²) in [6, 6.07) is 3.99. The van der Waals surface area contributed by atoms with Crippen molar-refractivity contribution in [3.63, 3.8) is 0 Å². The van der Waals surface area contributed by atoms with Crippen molar-refractivity contribution < 1.29 is 23.9 Å². The molecule has 0 unspecified atom stereocenters. The third-order valence-electron chi connectivity index (χ3n) is 2.81. The Kier molecular flexibility index (Phi) is 5.95. The summed E-state index contributed by atoms with van der Waals surface area (Å²) in [5.41, 5.74) is 0.331. The van der Waals surface area contributed by atoms with Crippen molar-refractivity contribution in [2.45, 2.75) is 13.8 Å². The highest BCUT2D eigenvalue weighted by molar-refractivity contribution is 6.39. The Balaban J connectivity index is 2.33. The summed E-state index contributed by atoms with van der Waals surface area (Å²) in [5.74, 6) is -1.84. The van der Waals surface area contributed by atoms with E-state index < -0.39 is 17.8 Å². The van der Waals surface area contributed by atoms with Gasteiger partial charge in [-0.3, -0.25) is 19.4 Å². The normalized spacial score (nSPS) is 10.1. The van der Waals surface area contributed by atoms with Crippen LogP contribution in [0.5, 0.6) is 11.5 Å². The maximum absolute atomic E-state index is 12.4. The molecule has 130 valence electrons. The van der Waals surface area contributed by atoms with Crippen LogP contribution in [0.15, 0.2) is 30.6 Å². The Labute approximate surface area is 152 Å².